The zero-order valence-electron chi connectivity index (χ0n) is 18.6. The van der Waals surface area contributed by atoms with E-state index >= 15 is 0 Å². The molecule has 3 nitrogen and oxygen atoms in total. The second-order valence-corrected chi connectivity index (χ2v) is 11.0. The smallest absolute Gasteiger partial charge is 0.207 e. The molecule has 0 N–H and O–H groups in total. The maximum Gasteiger partial charge on any atom is 0.207 e. The summed E-state index contributed by atoms with van der Waals surface area (Å²) in [4.78, 5) is 11.4. The second kappa shape index (κ2) is 12.6. The molecular weight excluding hydrogens is 451 g/mol. The van der Waals surface area contributed by atoms with Crippen molar-refractivity contribution in [2.45, 2.75) is 12.5 Å². The fraction of sp³-hybridized carbons (Fsp3) is 0.143. The molecule has 0 heterocycles. The zero-order chi connectivity index (χ0) is 22.1. The summed E-state index contributed by atoms with van der Waals surface area (Å²) in [6, 6.07) is 41.9. The molecule has 33 heavy (non-hydrogen) atoms. The molecule has 4 aromatic rings. The molecule has 0 saturated carbocycles. The van der Waals surface area contributed by atoms with Gasteiger partial charge in [-0.05, 0) is 42.0 Å². The van der Waals surface area contributed by atoms with Gasteiger partial charge in [0.15, 0.2) is 0 Å². The van der Waals surface area contributed by atoms with E-state index in [4.69, 9.17) is 14.5 Å². The van der Waals surface area contributed by atoms with Gasteiger partial charge in [0.05, 0.1) is 0 Å². The Balaban J connectivity index is 0.00000306. The third kappa shape index (κ3) is 5.70. The molecule has 0 aliphatic rings. The molecular formula is C28H28ClO3P. The molecule has 0 aliphatic carbocycles. The predicted molar refractivity (Wildman–Crippen MR) is 133 cm³/mol. The lowest BCUT2D eigenvalue weighted by atomic mass is 10.2. The second-order valence-electron chi connectivity index (χ2n) is 7.45. The predicted octanol–water partition coefficient (Wildman–Crippen LogP) is 2.11. The number of benzene rings is 4. The Morgan fingerprint density at radius 1 is 0.576 bits per heavy atom. The monoisotopic (exact) mass is 478 g/mol. The molecule has 5 heteroatoms. The number of hydrogen-bond acceptors (Lipinski definition) is 3. The third-order valence-corrected chi connectivity index (χ3v) is 10.1. The van der Waals surface area contributed by atoms with Gasteiger partial charge >= 0.3 is 0 Å². The summed E-state index contributed by atoms with van der Waals surface area (Å²) in [5, 5.41) is 3.74. The first-order chi connectivity index (χ1) is 15.9. The van der Waals surface area contributed by atoms with E-state index < -0.39 is 7.26 Å². The minimum absolute atomic E-state index is 0. The van der Waals surface area contributed by atoms with Gasteiger partial charge in [0.2, 0.25) is 5.85 Å². The highest BCUT2D eigenvalue weighted by atomic mass is 35.5. The Morgan fingerprint density at radius 2 is 0.970 bits per heavy atom. The summed E-state index contributed by atoms with van der Waals surface area (Å²) < 4.78 is 6.18. The van der Waals surface area contributed by atoms with E-state index in [9.17, 15) is 0 Å². The van der Waals surface area contributed by atoms with E-state index in [0.717, 1.165) is 5.56 Å². The van der Waals surface area contributed by atoms with Gasteiger partial charge in [-0.2, -0.15) is 0 Å². The van der Waals surface area contributed by atoms with Crippen LogP contribution in [0, 0.1) is 0 Å². The van der Waals surface area contributed by atoms with Crippen LogP contribution in [-0.2, 0) is 21.1 Å². The van der Waals surface area contributed by atoms with Crippen LogP contribution in [0.3, 0.4) is 0 Å². The number of rotatable bonds is 10. The fourth-order valence-electron chi connectivity index (χ4n) is 4.06. The summed E-state index contributed by atoms with van der Waals surface area (Å²) in [6.45, 7) is 0.709. The first kappa shape index (κ1) is 25.1. The molecule has 170 valence electrons. The molecule has 0 radical (unpaired) electrons. The summed E-state index contributed by atoms with van der Waals surface area (Å²) in [7, 11) is -0.444. The van der Waals surface area contributed by atoms with Crippen molar-refractivity contribution in [3.8, 4) is 0 Å². The Bertz CT molecular complexity index is 967. The summed E-state index contributed by atoms with van der Waals surface area (Å²) in [5.74, 6) is -0.217. The minimum Gasteiger partial charge on any atom is -1.00 e. The molecule has 0 aliphatic heterocycles. The van der Waals surface area contributed by atoms with E-state index in [1.165, 1.54) is 15.9 Å². The molecule has 0 fully saturated rings. The van der Waals surface area contributed by atoms with Crippen LogP contribution in [0.2, 0.25) is 0 Å². The lowest BCUT2D eigenvalue weighted by Crippen LogP contribution is -3.00. The molecule has 0 aromatic heterocycles. The lowest BCUT2D eigenvalue weighted by Gasteiger charge is -2.33. The first-order valence-corrected chi connectivity index (χ1v) is 12.6. The maximum absolute atomic E-state index is 6.18. The quantitative estimate of drug-likeness (QED) is 0.151. The number of hydrogen-bond donors (Lipinski definition) is 0. The normalized spacial score (nSPS) is 12.0. The van der Waals surface area contributed by atoms with Gasteiger partial charge < -0.3 is 17.1 Å². The van der Waals surface area contributed by atoms with Gasteiger partial charge in [0.25, 0.3) is 0 Å². The highest BCUT2D eigenvalue weighted by molar-refractivity contribution is 7.96. The number of methoxy groups -OCH3 is 1. The lowest BCUT2D eigenvalue weighted by molar-refractivity contribution is -0.310. The Morgan fingerprint density at radius 3 is 1.36 bits per heavy atom. The van der Waals surface area contributed by atoms with Crippen LogP contribution < -0.4 is 28.3 Å². The minimum atomic E-state index is -2.20. The van der Waals surface area contributed by atoms with Crippen molar-refractivity contribution in [3.63, 3.8) is 0 Å². The average Bonchev–Trinajstić information content (AvgIpc) is 2.88. The van der Waals surface area contributed by atoms with Gasteiger partial charge in [-0.25, -0.2) is 9.78 Å². The van der Waals surface area contributed by atoms with Crippen molar-refractivity contribution in [3.05, 3.63) is 127 Å². The van der Waals surface area contributed by atoms with E-state index in [2.05, 4.69) is 91.0 Å². The highest BCUT2D eigenvalue weighted by Crippen LogP contribution is 2.59. The Hall–Kier alpha value is -2.52. The molecule has 0 bridgehead atoms. The highest BCUT2D eigenvalue weighted by Gasteiger charge is 2.53. The van der Waals surface area contributed by atoms with Crippen molar-refractivity contribution < 1.29 is 26.9 Å². The van der Waals surface area contributed by atoms with Crippen molar-refractivity contribution >= 4 is 23.2 Å². The van der Waals surface area contributed by atoms with Gasteiger partial charge in [0.1, 0.15) is 36.4 Å². The van der Waals surface area contributed by atoms with Gasteiger partial charge in [-0.1, -0.05) is 84.9 Å². The molecule has 0 amide bonds. The Kier molecular flexibility index (Phi) is 9.62. The van der Waals surface area contributed by atoms with Crippen molar-refractivity contribution in [2.75, 3.05) is 13.7 Å². The van der Waals surface area contributed by atoms with Crippen LogP contribution in [0.25, 0.3) is 0 Å². The summed E-state index contributed by atoms with van der Waals surface area (Å²) >= 11 is 0. The van der Waals surface area contributed by atoms with E-state index in [1.807, 2.05) is 30.3 Å². The maximum atomic E-state index is 6.18. The third-order valence-electron chi connectivity index (χ3n) is 5.56. The average molecular weight is 479 g/mol. The van der Waals surface area contributed by atoms with Crippen LogP contribution in [0.4, 0.5) is 0 Å². The SMILES string of the molecule is COC(COOCc1ccccc1)[P+](c1ccccc1)(c1ccccc1)c1ccccc1.[Cl-]. The Labute approximate surface area is 203 Å². The van der Waals surface area contributed by atoms with Gasteiger partial charge in [-0.15, -0.1) is 0 Å². The van der Waals surface area contributed by atoms with Crippen LogP contribution in [0.15, 0.2) is 121 Å². The molecule has 4 aromatic carbocycles. The largest absolute Gasteiger partial charge is 1.00 e. The zero-order valence-corrected chi connectivity index (χ0v) is 20.2. The fourth-order valence-corrected chi connectivity index (χ4v) is 8.48. The molecule has 4 rings (SSSR count). The van der Waals surface area contributed by atoms with Crippen LogP contribution in [0.1, 0.15) is 5.56 Å². The van der Waals surface area contributed by atoms with Gasteiger partial charge in [0, 0.05) is 7.11 Å². The van der Waals surface area contributed by atoms with Crippen LogP contribution in [0.5, 0.6) is 0 Å². The summed E-state index contributed by atoms with van der Waals surface area (Å²) in [6.07, 6.45) is 0. The standard InChI is InChI=1S/C28H28O3P.ClH/c1-29-28(23-31-30-22-24-14-6-2-7-15-24)32(25-16-8-3-9-17-25,26-18-10-4-11-19-26)27-20-12-5-13-21-27;/h2-21,28H,22-23H2,1H3;1H/q+1;/p-1. The molecule has 0 saturated heterocycles. The topological polar surface area (TPSA) is 27.7 Å². The van der Waals surface area contributed by atoms with E-state index in [1.54, 1.807) is 7.11 Å². The molecule has 1 atom stereocenters. The van der Waals surface area contributed by atoms with Crippen molar-refractivity contribution in [1.29, 1.82) is 0 Å². The number of halogens is 1. The van der Waals surface area contributed by atoms with Gasteiger partial charge in [-0.3, -0.25) is 0 Å². The first-order valence-electron chi connectivity index (χ1n) is 10.7. The molecule has 1 unspecified atom stereocenters. The van der Waals surface area contributed by atoms with Crippen LogP contribution >= 0.6 is 7.26 Å². The van der Waals surface area contributed by atoms with Crippen molar-refractivity contribution in [1.82, 2.24) is 0 Å². The molecule has 0 spiro atoms. The van der Waals surface area contributed by atoms with E-state index in [-0.39, 0.29) is 18.3 Å². The van der Waals surface area contributed by atoms with E-state index in [0.29, 0.717) is 13.2 Å². The summed E-state index contributed by atoms with van der Waals surface area (Å²) in [5.41, 5.74) is 1.07. The van der Waals surface area contributed by atoms with Crippen molar-refractivity contribution in [2.24, 2.45) is 0 Å². The van der Waals surface area contributed by atoms with Crippen LogP contribution in [-0.4, -0.2) is 19.6 Å². The number of ether oxygens (including phenoxy) is 1.